The predicted molar refractivity (Wildman–Crippen MR) is 155 cm³/mol. The molecule has 0 amide bonds. The van der Waals surface area contributed by atoms with Crippen LogP contribution < -0.4 is 5.32 Å². The highest BCUT2D eigenvalue weighted by molar-refractivity contribution is 7.14. The first-order valence-electron chi connectivity index (χ1n) is 12.3. The number of aromatic nitrogens is 6. The lowest BCUT2D eigenvalue weighted by Crippen LogP contribution is -1.99. The Bertz CT molecular complexity index is 2040. The molecule has 2 aromatic carbocycles. The van der Waals surface area contributed by atoms with E-state index in [-0.39, 0.29) is 16.2 Å². The van der Waals surface area contributed by atoms with Crippen LogP contribution in [0.5, 0.6) is 0 Å². The maximum Gasteiger partial charge on any atom is 0.176 e. The van der Waals surface area contributed by atoms with Crippen LogP contribution >= 0.6 is 11.3 Å². The molecule has 0 spiro atoms. The molecule has 3 N–H and O–H groups in total. The molecule has 7 nitrogen and oxygen atoms in total. The monoisotopic (exact) mass is 547 g/mol. The van der Waals surface area contributed by atoms with Gasteiger partial charge < -0.3 is 10.3 Å². The molecule has 0 unspecified atom stereocenters. The average Bonchev–Trinajstić information content (AvgIpc) is 3.72. The number of benzene rings is 2. The smallest absolute Gasteiger partial charge is 0.176 e. The summed E-state index contributed by atoms with van der Waals surface area (Å²) in [7, 11) is 0. The number of nitrogens with one attached hydrogen (secondary N) is 3. The normalized spacial score (nSPS) is 11.3. The van der Waals surface area contributed by atoms with Gasteiger partial charge in [-0.15, -0.1) is 11.3 Å². The number of rotatable bonds is 6. The Morgan fingerprint density at radius 2 is 1.77 bits per heavy atom. The fourth-order valence-electron chi connectivity index (χ4n) is 4.67. The third-order valence-electron chi connectivity index (χ3n) is 6.55. The topological polar surface area (TPSA) is 95.2 Å². The highest BCUT2D eigenvalue weighted by Crippen LogP contribution is 2.36. The zero-order valence-electron chi connectivity index (χ0n) is 20.7. The van der Waals surface area contributed by atoms with E-state index in [2.05, 4.69) is 37.0 Å². The molecule has 7 aromatic rings. The van der Waals surface area contributed by atoms with E-state index in [1.165, 1.54) is 12.3 Å². The SMILES string of the molecule is C=C(Nc1cncc(-c2ncc3[nH]nc(-c4nc5c(-c6ccc(F)s6)cccc5[nH]4)c3c2F)c1)c1ccccc1. The van der Waals surface area contributed by atoms with E-state index in [0.29, 0.717) is 39.5 Å². The van der Waals surface area contributed by atoms with Gasteiger partial charge in [0.25, 0.3) is 0 Å². The van der Waals surface area contributed by atoms with Crippen molar-refractivity contribution in [3.63, 3.8) is 0 Å². The summed E-state index contributed by atoms with van der Waals surface area (Å²) < 4.78 is 29.8. The first-order valence-corrected chi connectivity index (χ1v) is 13.1. The summed E-state index contributed by atoms with van der Waals surface area (Å²) in [4.78, 5) is 17.4. The van der Waals surface area contributed by atoms with Crippen molar-refractivity contribution in [1.29, 1.82) is 0 Å². The number of imidazole rings is 1. The van der Waals surface area contributed by atoms with Gasteiger partial charge in [0.2, 0.25) is 0 Å². The van der Waals surface area contributed by atoms with Crippen LogP contribution in [0.4, 0.5) is 14.5 Å². The van der Waals surface area contributed by atoms with Crippen molar-refractivity contribution in [2.75, 3.05) is 5.32 Å². The first kappa shape index (κ1) is 23.9. The lowest BCUT2D eigenvalue weighted by atomic mass is 10.1. The van der Waals surface area contributed by atoms with E-state index >= 15 is 4.39 Å². The molecule has 194 valence electrons. The lowest BCUT2D eigenvalue weighted by Gasteiger charge is -2.11. The molecule has 7 rings (SSSR count). The van der Waals surface area contributed by atoms with E-state index in [1.807, 2.05) is 48.5 Å². The Morgan fingerprint density at radius 1 is 0.900 bits per heavy atom. The molecule has 5 aromatic heterocycles. The molecule has 10 heteroatoms. The number of aromatic amines is 2. The van der Waals surface area contributed by atoms with Crippen molar-refractivity contribution >= 4 is 44.7 Å². The van der Waals surface area contributed by atoms with Gasteiger partial charge in [-0.2, -0.15) is 9.49 Å². The minimum atomic E-state index is -0.553. The van der Waals surface area contributed by atoms with Crippen molar-refractivity contribution < 1.29 is 8.78 Å². The van der Waals surface area contributed by atoms with Crippen LogP contribution in [0.2, 0.25) is 0 Å². The Labute approximate surface area is 230 Å². The number of halogens is 2. The van der Waals surface area contributed by atoms with Crippen LogP contribution in [-0.4, -0.2) is 30.1 Å². The van der Waals surface area contributed by atoms with E-state index in [4.69, 9.17) is 4.98 Å². The van der Waals surface area contributed by atoms with Crippen molar-refractivity contribution in [3.05, 3.63) is 108 Å². The molecule has 0 aliphatic rings. The van der Waals surface area contributed by atoms with Gasteiger partial charge in [-0.3, -0.25) is 15.1 Å². The van der Waals surface area contributed by atoms with Crippen molar-refractivity contribution in [1.82, 2.24) is 30.1 Å². The number of thiophene rings is 1. The van der Waals surface area contributed by atoms with Gasteiger partial charge in [0.1, 0.15) is 11.4 Å². The molecule has 5 heterocycles. The minimum absolute atomic E-state index is 0.127. The second-order valence-corrected chi connectivity index (χ2v) is 10.1. The summed E-state index contributed by atoms with van der Waals surface area (Å²) >= 11 is 1.04. The third-order valence-corrected chi connectivity index (χ3v) is 7.46. The lowest BCUT2D eigenvalue weighted by molar-refractivity contribution is 0.638. The van der Waals surface area contributed by atoms with E-state index in [9.17, 15) is 4.39 Å². The molecule has 0 aliphatic heterocycles. The summed E-state index contributed by atoms with van der Waals surface area (Å²) in [6, 6.07) is 20.2. The number of H-pyrrole nitrogens is 2. The second kappa shape index (κ2) is 9.51. The predicted octanol–water partition coefficient (Wildman–Crippen LogP) is 7.65. The van der Waals surface area contributed by atoms with Gasteiger partial charge in [-0.05, 0) is 29.8 Å². The van der Waals surface area contributed by atoms with Gasteiger partial charge in [0.05, 0.1) is 40.0 Å². The number of hydrogen-bond acceptors (Lipinski definition) is 6. The average molecular weight is 548 g/mol. The van der Waals surface area contributed by atoms with Gasteiger partial charge in [0.15, 0.2) is 16.8 Å². The summed E-state index contributed by atoms with van der Waals surface area (Å²) in [6.45, 7) is 4.09. The number of pyridine rings is 2. The summed E-state index contributed by atoms with van der Waals surface area (Å²) in [6.07, 6.45) is 4.74. The first-order chi connectivity index (χ1) is 19.5. The molecular formula is C30H19F2N7S. The van der Waals surface area contributed by atoms with Crippen LogP contribution in [0.3, 0.4) is 0 Å². The zero-order valence-corrected chi connectivity index (χ0v) is 21.6. The molecule has 0 atom stereocenters. The van der Waals surface area contributed by atoms with Crippen LogP contribution in [0.25, 0.3) is 60.8 Å². The minimum Gasteiger partial charge on any atom is -0.354 e. The fourth-order valence-corrected chi connectivity index (χ4v) is 5.43. The molecule has 0 saturated carbocycles. The quantitative estimate of drug-likeness (QED) is 0.199. The van der Waals surface area contributed by atoms with Gasteiger partial charge in [-0.25, -0.2) is 9.37 Å². The van der Waals surface area contributed by atoms with E-state index < -0.39 is 5.82 Å². The number of nitrogens with zero attached hydrogens (tertiary/aromatic N) is 4. The largest absolute Gasteiger partial charge is 0.354 e. The fraction of sp³-hybridized carbons (Fsp3) is 0. The van der Waals surface area contributed by atoms with Crippen LogP contribution in [-0.2, 0) is 0 Å². The molecule has 0 aliphatic carbocycles. The standard InChI is InChI=1S/C30H19F2N7S/c1-16(17-6-3-2-4-7-17)35-19-12-18(13-33-14-19)27-26(32)25-22(15-34-27)38-39-29(25)30-36-21-9-5-8-20(28(21)37-30)23-10-11-24(31)40-23/h2-15,35H,1H2,(H,36,37)(H,38,39). The highest BCUT2D eigenvalue weighted by atomic mass is 32.1. The summed E-state index contributed by atoms with van der Waals surface area (Å²) in [5.74, 6) is -0.169. The van der Waals surface area contributed by atoms with Gasteiger partial charge in [0, 0.05) is 27.9 Å². The highest BCUT2D eigenvalue weighted by Gasteiger charge is 2.21. The number of fused-ring (bicyclic) bond motifs is 2. The molecule has 0 fully saturated rings. The molecule has 0 bridgehead atoms. The Hall–Kier alpha value is -5.22. The van der Waals surface area contributed by atoms with Gasteiger partial charge >= 0.3 is 0 Å². The molecule has 0 radical (unpaired) electrons. The maximum atomic E-state index is 16.1. The van der Waals surface area contributed by atoms with Crippen LogP contribution in [0.15, 0.2) is 91.9 Å². The Balaban J connectivity index is 1.28. The number of para-hydroxylation sites is 1. The van der Waals surface area contributed by atoms with Crippen molar-refractivity contribution in [3.8, 4) is 33.2 Å². The second-order valence-electron chi connectivity index (χ2n) is 9.10. The third kappa shape index (κ3) is 4.11. The van der Waals surface area contributed by atoms with E-state index in [1.54, 1.807) is 24.5 Å². The Morgan fingerprint density at radius 3 is 2.60 bits per heavy atom. The number of hydrogen-bond donors (Lipinski definition) is 3. The summed E-state index contributed by atoms with van der Waals surface area (Å²) in [5, 5.41) is 10.4. The van der Waals surface area contributed by atoms with Crippen molar-refractivity contribution in [2.24, 2.45) is 0 Å². The van der Waals surface area contributed by atoms with E-state index in [0.717, 1.165) is 32.9 Å². The van der Waals surface area contributed by atoms with Crippen LogP contribution in [0, 0.1) is 10.9 Å². The molecular weight excluding hydrogens is 528 g/mol. The zero-order chi connectivity index (χ0) is 27.2. The maximum absolute atomic E-state index is 16.1. The number of anilines is 1. The molecule has 0 saturated heterocycles. The van der Waals surface area contributed by atoms with Crippen LogP contribution in [0.1, 0.15) is 5.56 Å². The van der Waals surface area contributed by atoms with Crippen molar-refractivity contribution in [2.45, 2.75) is 0 Å². The Kier molecular flexibility index (Phi) is 5.67. The molecule has 40 heavy (non-hydrogen) atoms. The van der Waals surface area contributed by atoms with Gasteiger partial charge in [-0.1, -0.05) is 49.0 Å². The summed E-state index contributed by atoms with van der Waals surface area (Å²) in [5.41, 5.74) is 5.79.